The third kappa shape index (κ3) is 5.07. The molecule has 0 atom stereocenters. The lowest BCUT2D eigenvalue weighted by atomic mass is 10.00. The van der Waals surface area contributed by atoms with E-state index in [9.17, 15) is 4.79 Å². The van der Waals surface area contributed by atoms with Crippen molar-refractivity contribution in [3.05, 3.63) is 59.2 Å². The third-order valence-electron chi connectivity index (χ3n) is 4.47. The van der Waals surface area contributed by atoms with Gasteiger partial charge in [-0.2, -0.15) is 0 Å². The second kappa shape index (κ2) is 8.03. The first-order valence-corrected chi connectivity index (χ1v) is 8.68. The Morgan fingerprint density at radius 1 is 1.12 bits per heavy atom. The maximum atomic E-state index is 11.9. The number of halogens is 1. The van der Waals surface area contributed by atoms with Crippen molar-refractivity contribution in [1.82, 2.24) is 5.32 Å². The Bertz CT molecular complexity index is 750. The molecule has 0 aromatic heterocycles. The first-order chi connectivity index (χ1) is 11.4. The molecule has 0 fully saturated rings. The van der Waals surface area contributed by atoms with Crippen LogP contribution >= 0.6 is 12.4 Å². The minimum absolute atomic E-state index is 0. The molecule has 0 radical (unpaired) electrons. The quantitative estimate of drug-likeness (QED) is 0.703. The van der Waals surface area contributed by atoms with Crippen molar-refractivity contribution in [2.24, 2.45) is 5.73 Å². The Morgan fingerprint density at radius 2 is 1.84 bits per heavy atom. The average molecular weight is 359 g/mol. The number of nitrogens with two attached hydrogens (primary N) is 1. The van der Waals surface area contributed by atoms with Gasteiger partial charge in [-0.15, -0.1) is 12.4 Å². The second-order valence-electron chi connectivity index (χ2n) is 7.44. The van der Waals surface area contributed by atoms with Gasteiger partial charge in [0.25, 0.3) is 0 Å². The van der Waals surface area contributed by atoms with E-state index < -0.39 is 0 Å². The standard InChI is InChI=1S/C21H26N2O.ClH/c1-21(2,22)14-23-20(24)9-5-6-15-10-11-17-13-16-7-3-4-8-18(16)19(17)12-15;/h3-4,7-8,10-12H,5-6,9,13-14,22H2,1-2H3,(H,23,24);1H. The molecular weight excluding hydrogens is 332 g/mol. The number of benzene rings is 2. The van der Waals surface area contributed by atoms with Crippen molar-refractivity contribution in [2.45, 2.75) is 45.1 Å². The van der Waals surface area contributed by atoms with Crippen LogP contribution in [-0.2, 0) is 17.6 Å². The SMILES string of the molecule is CC(C)(N)CNC(=O)CCCc1ccc2c(c1)-c1ccccc1C2.Cl. The Balaban J connectivity index is 0.00000225. The lowest BCUT2D eigenvalue weighted by Gasteiger charge is -2.18. The Labute approximate surface area is 156 Å². The van der Waals surface area contributed by atoms with Crippen molar-refractivity contribution >= 4 is 18.3 Å². The van der Waals surface area contributed by atoms with E-state index in [1.807, 2.05) is 13.8 Å². The molecule has 0 saturated carbocycles. The first kappa shape index (κ1) is 19.5. The highest BCUT2D eigenvalue weighted by Gasteiger charge is 2.18. The number of amides is 1. The number of carbonyl (C=O) groups is 1. The monoisotopic (exact) mass is 358 g/mol. The molecule has 0 unspecified atom stereocenters. The van der Waals surface area contributed by atoms with Crippen molar-refractivity contribution in [1.29, 1.82) is 0 Å². The summed E-state index contributed by atoms with van der Waals surface area (Å²) >= 11 is 0. The molecule has 0 spiro atoms. The summed E-state index contributed by atoms with van der Waals surface area (Å²) in [6.07, 6.45) is 3.36. The molecule has 3 nitrogen and oxygen atoms in total. The molecule has 1 aliphatic rings. The zero-order valence-corrected chi connectivity index (χ0v) is 15.8. The summed E-state index contributed by atoms with van der Waals surface area (Å²) in [6.45, 7) is 4.34. The first-order valence-electron chi connectivity index (χ1n) is 8.68. The van der Waals surface area contributed by atoms with E-state index in [4.69, 9.17) is 5.73 Å². The molecule has 1 aliphatic carbocycles. The van der Waals surface area contributed by atoms with Gasteiger partial charge < -0.3 is 11.1 Å². The van der Waals surface area contributed by atoms with Crippen molar-refractivity contribution in [2.75, 3.05) is 6.54 Å². The van der Waals surface area contributed by atoms with Gasteiger partial charge in [-0.25, -0.2) is 0 Å². The number of aryl methyl sites for hydroxylation is 1. The van der Waals surface area contributed by atoms with Crippen LogP contribution in [0.5, 0.6) is 0 Å². The van der Waals surface area contributed by atoms with Crippen molar-refractivity contribution in [3.63, 3.8) is 0 Å². The number of fused-ring (bicyclic) bond motifs is 3. The summed E-state index contributed by atoms with van der Waals surface area (Å²) in [7, 11) is 0. The molecule has 0 bridgehead atoms. The van der Waals surface area contributed by atoms with Gasteiger partial charge in [0.15, 0.2) is 0 Å². The number of rotatable bonds is 6. The molecule has 4 heteroatoms. The number of hydrogen-bond donors (Lipinski definition) is 2. The van der Waals surface area contributed by atoms with Crippen LogP contribution in [0.3, 0.4) is 0 Å². The highest BCUT2D eigenvalue weighted by molar-refractivity contribution is 5.85. The third-order valence-corrected chi connectivity index (χ3v) is 4.47. The fourth-order valence-corrected chi connectivity index (χ4v) is 3.19. The summed E-state index contributed by atoms with van der Waals surface area (Å²) in [6, 6.07) is 15.3. The lowest BCUT2D eigenvalue weighted by Crippen LogP contribution is -2.45. The number of carbonyl (C=O) groups excluding carboxylic acids is 1. The highest BCUT2D eigenvalue weighted by Crippen LogP contribution is 2.36. The Morgan fingerprint density at radius 3 is 2.60 bits per heavy atom. The van der Waals surface area contributed by atoms with Crippen LogP contribution in [0.4, 0.5) is 0 Å². The molecule has 1 amide bonds. The fourth-order valence-electron chi connectivity index (χ4n) is 3.19. The van der Waals surface area contributed by atoms with E-state index in [0.29, 0.717) is 13.0 Å². The summed E-state index contributed by atoms with van der Waals surface area (Å²) in [5, 5.41) is 2.90. The van der Waals surface area contributed by atoms with E-state index in [0.717, 1.165) is 19.3 Å². The van der Waals surface area contributed by atoms with Gasteiger partial charge in [0.05, 0.1) is 0 Å². The number of nitrogens with one attached hydrogen (secondary N) is 1. The van der Waals surface area contributed by atoms with Crippen LogP contribution in [0.15, 0.2) is 42.5 Å². The molecule has 3 N–H and O–H groups in total. The van der Waals surface area contributed by atoms with E-state index >= 15 is 0 Å². The molecule has 0 saturated heterocycles. The molecule has 2 aromatic rings. The largest absolute Gasteiger partial charge is 0.354 e. The topological polar surface area (TPSA) is 55.1 Å². The zero-order valence-electron chi connectivity index (χ0n) is 15.0. The van der Waals surface area contributed by atoms with E-state index in [1.54, 1.807) is 0 Å². The van der Waals surface area contributed by atoms with Crippen LogP contribution in [0, 0.1) is 0 Å². The van der Waals surface area contributed by atoms with Crippen LogP contribution in [0.1, 0.15) is 43.4 Å². The zero-order chi connectivity index (χ0) is 17.2. The van der Waals surface area contributed by atoms with Crippen LogP contribution in [0.2, 0.25) is 0 Å². The fraction of sp³-hybridized carbons (Fsp3) is 0.381. The summed E-state index contributed by atoms with van der Waals surface area (Å²) in [5.41, 5.74) is 12.4. The normalized spacial score (nSPS) is 12.1. The summed E-state index contributed by atoms with van der Waals surface area (Å²) in [4.78, 5) is 11.9. The summed E-state index contributed by atoms with van der Waals surface area (Å²) in [5.74, 6) is 0.0834. The van der Waals surface area contributed by atoms with Gasteiger partial charge in [0.1, 0.15) is 0 Å². The predicted octanol–water partition coefficient (Wildman–Crippen LogP) is 3.86. The minimum atomic E-state index is -0.358. The van der Waals surface area contributed by atoms with Crippen LogP contribution < -0.4 is 11.1 Å². The molecule has 0 heterocycles. The highest BCUT2D eigenvalue weighted by atomic mass is 35.5. The maximum absolute atomic E-state index is 11.9. The van der Waals surface area contributed by atoms with Crippen molar-refractivity contribution in [3.8, 4) is 11.1 Å². The number of hydrogen-bond acceptors (Lipinski definition) is 2. The van der Waals surface area contributed by atoms with E-state index in [2.05, 4.69) is 47.8 Å². The predicted molar refractivity (Wildman–Crippen MR) is 106 cm³/mol. The lowest BCUT2D eigenvalue weighted by molar-refractivity contribution is -0.121. The second-order valence-corrected chi connectivity index (χ2v) is 7.44. The average Bonchev–Trinajstić information content (AvgIpc) is 2.90. The van der Waals surface area contributed by atoms with Gasteiger partial charge in [-0.05, 0) is 60.9 Å². The smallest absolute Gasteiger partial charge is 0.220 e. The van der Waals surface area contributed by atoms with Crippen LogP contribution in [0.25, 0.3) is 11.1 Å². The van der Waals surface area contributed by atoms with Gasteiger partial charge >= 0.3 is 0 Å². The minimum Gasteiger partial charge on any atom is -0.354 e. The van der Waals surface area contributed by atoms with E-state index in [-0.39, 0.29) is 23.9 Å². The summed E-state index contributed by atoms with van der Waals surface area (Å²) < 4.78 is 0. The van der Waals surface area contributed by atoms with Gasteiger partial charge in [-0.3, -0.25) is 4.79 Å². The molecule has 3 rings (SSSR count). The van der Waals surface area contributed by atoms with Gasteiger partial charge in [0.2, 0.25) is 5.91 Å². The maximum Gasteiger partial charge on any atom is 0.220 e. The molecular formula is C21H27ClN2O. The van der Waals surface area contributed by atoms with Crippen LogP contribution in [-0.4, -0.2) is 18.0 Å². The van der Waals surface area contributed by atoms with Gasteiger partial charge in [-0.1, -0.05) is 42.5 Å². The Hall–Kier alpha value is -1.84. The van der Waals surface area contributed by atoms with E-state index in [1.165, 1.54) is 27.8 Å². The molecule has 25 heavy (non-hydrogen) atoms. The molecule has 2 aromatic carbocycles. The van der Waals surface area contributed by atoms with Crippen molar-refractivity contribution < 1.29 is 4.79 Å². The molecule has 134 valence electrons. The van der Waals surface area contributed by atoms with Gasteiger partial charge in [0, 0.05) is 18.5 Å². The Kier molecular flexibility index (Phi) is 6.26. The molecule has 0 aliphatic heterocycles.